The van der Waals surface area contributed by atoms with Crippen LogP contribution in [0, 0.1) is 0 Å². The van der Waals surface area contributed by atoms with Gasteiger partial charge < -0.3 is 14.4 Å². The Kier molecular flexibility index (Phi) is 5.02. The van der Waals surface area contributed by atoms with Gasteiger partial charge in [-0.25, -0.2) is 0 Å². The van der Waals surface area contributed by atoms with Crippen LogP contribution in [0.2, 0.25) is 0 Å². The molecule has 28 heavy (non-hydrogen) atoms. The van der Waals surface area contributed by atoms with E-state index in [9.17, 15) is 4.79 Å². The van der Waals surface area contributed by atoms with Gasteiger partial charge >= 0.3 is 0 Å². The van der Waals surface area contributed by atoms with E-state index in [1.54, 1.807) is 14.2 Å². The van der Waals surface area contributed by atoms with E-state index >= 15 is 0 Å². The van der Waals surface area contributed by atoms with Crippen LogP contribution in [0.1, 0.15) is 33.1 Å². The van der Waals surface area contributed by atoms with E-state index in [4.69, 9.17) is 9.47 Å². The Bertz CT molecular complexity index is 984. The van der Waals surface area contributed by atoms with Crippen LogP contribution in [-0.2, 0) is 6.42 Å². The molecule has 1 aliphatic heterocycles. The summed E-state index contributed by atoms with van der Waals surface area (Å²) in [5.74, 6) is 1.38. The number of hydrogen-bond acceptors (Lipinski definition) is 3. The number of benzene rings is 3. The lowest BCUT2D eigenvalue weighted by Gasteiger charge is -2.38. The molecule has 0 N–H and O–H groups in total. The molecule has 0 aromatic heterocycles. The van der Waals surface area contributed by atoms with Gasteiger partial charge in [-0.1, -0.05) is 48.5 Å². The SMILES string of the molecule is COc1ccc(C2c3ccccc3CCN2C(=O)c2ccccc2)cc1OC. The maximum atomic E-state index is 13.3. The molecule has 4 heteroatoms. The van der Waals surface area contributed by atoms with Crippen LogP contribution >= 0.6 is 0 Å². The molecule has 0 saturated carbocycles. The first-order chi connectivity index (χ1) is 13.7. The monoisotopic (exact) mass is 373 g/mol. The number of ether oxygens (including phenoxy) is 2. The Balaban J connectivity index is 1.82. The average Bonchev–Trinajstić information content (AvgIpc) is 2.78. The lowest BCUT2D eigenvalue weighted by Crippen LogP contribution is -2.40. The Morgan fingerprint density at radius 3 is 2.36 bits per heavy atom. The lowest BCUT2D eigenvalue weighted by atomic mass is 9.87. The highest BCUT2D eigenvalue weighted by Crippen LogP contribution is 2.39. The molecule has 1 unspecified atom stereocenters. The van der Waals surface area contributed by atoms with Crippen molar-refractivity contribution >= 4 is 5.91 Å². The smallest absolute Gasteiger partial charge is 0.254 e. The predicted octanol–water partition coefficient (Wildman–Crippen LogP) is 4.49. The largest absolute Gasteiger partial charge is 0.493 e. The van der Waals surface area contributed by atoms with E-state index in [0.717, 1.165) is 17.5 Å². The molecule has 142 valence electrons. The van der Waals surface area contributed by atoms with Gasteiger partial charge in [0.1, 0.15) is 0 Å². The first kappa shape index (κ1) is 18.1. The van der Waals surface area contributed by atoms with Gasteiger partial charge in [0.25, 0.3) is 5.91 Å². The number of carbonyl (C=O) groups excluding carboxylic acids is 1. The molecule has 1 amide bonds. The fraction of sp³-hybridized carbons (Fsp3) is 0.208. The van der Waals surface area contributed by atoms with E-state index < -0.39 is 0 Å². The van der Waals surface area contributed by atoms with Gasteiger partial charge in [0, 0.05) is 12.1 Å². The minimum Gasteiger partial charge on any atom is -0.493 e. The Morgan fingerprint density at radius 2 is 1.61 bits per heavy atom. The summed E-state index contributed by atoms with van der Waals surface area (Å²) in [6.07, 6.45) is 0.846. The second kappa shape index (κ2) is 7.77. The molecule has 0 bridgehead atoms. The van der Waals surface area contributed by atoms with Crippen molar-refractivity contribution in [3.63, 3.8) is 0 Å². The number of nitrogens with zero attached hydrogens (tertiary/aromatic N) is 1. The van der Waals surface area contributed by atoms with Crippen LogP contribution in [0.5, 0.6) is 11.5 Å². The average molecular weight is 373 g/mol. The maximum absolute atomic E-state index is 13.3. The summed E-state index contributed by atoms with van der Waals surface area (Å²) in [6.45, 7) is 0.670. The molecule has 0 aliphatic carbocycles. The Hall–Kier alpha value is -3.27. The van der Waals surface area contributed by atoms with Gasteiger partial charge in [0.2, 0.25) is 0 Å². The third-order valence-corrected chi connectivity index (χ3v) is 5.29. The summed E-state index contributed by atoms with van der Waals surface area (Å²) in [6, 6.07) is 23.5. The van der Waals surface area contributed by atoms with Gasteiger partial charge in [-0.15, -0.1) is 0 Å². The molecule has 0 spiro atoms. The fourth-order valence-electron chi connectivity index (χ4n) is 3.91. The number of methoxy groups -OCH3 is 2. The van der Waals surface area contributed by atoms with Crippen molar-refractivity contribution in [1.29, 1.82) is 0 Å². The molecular formula is C24H23NO3. The Morgan fingerprint density at radius 1 is 0.893 bits per heavy atom. The van der Waals surface area contributed by atoms with Crippen molar-refractivity contribution in [1.82, 2.24) is 4.90 Å². The van der Waals surface area contributed by atoms with Crippen molar-refractivity contribution in [3.05, 3.63) is 95.1 Å². The van der Waals surface area contributed by atoms with Gasteiger partial charge in [-0.3, -0.25) is 4.79 Å². The molecule has 0 fully saturated rings. The van der Waals surface area contributed by atoms with E-state index in [1.807, 2.05) is 59.5 Å². The molecule has 1 aliphatic rings. The molecule has 4 nitrogen and oxygen atoms in total. The highest BCUT2D eigenvalue weighted by Gasteiger charge is 2.32. The fourth-order valence-corrected chi connectivity index (χ4v) is 3.91. The van der Waals surface area contributed by atoms with E-state index in [1.165, 1.54) is 5.56 Å². The number of carbonyl (C=O) groups is 1. The summed E-state index contributed by atoms with van der Waals surface area (Å²) < 4.78 is 10.9. The normalized spacial score (nSPS) is 15.6. The predicted molar refractivity (Wildman–Crippen MR) is 109 cm³/mol. The maximum Gasteiger partial charge on any atom is 0.254 e. The van der Waals surface area contributed by atoms with Crippen LogP contribution in [0.25, 0.3) is 0 Å². The van der Waals surface area contributed by atoms with Crippen LogP contribution in [0.4, 0.5) is 0 Å². The zero-order valence-electron chi connectivity index (χ0n) is 16.1. The standard InChI is InChI=1S/C24H23NO3/c1-27-21-13-12-19(16-22(21)28-2)23-20-11-7-6-8-17(20)14-15-25(23)24(26)18-9-4-3-5-10-18/h3-13,16,23H,14-15H2,1-2H3. The molecule has 0 saturated heterocycles. The summed E-state index contributed by atoms with van der Waals surface area (Å²) in [7, 11) is 3.25. The highest BCUT2D eigenvalue weighted by atomic mass is 16.5. The van der Waals surface area contributed by atoms with E-state index in [2.05, 4.69) is 18.2 Å². The zero-order chi connectivity index (χ0) is 19.5. The van der Waals surface area contributed by atoms with Crippen molar-refractivity contribution in [3.8, 4) is 11.5 Å². The van der Waals surface area contributed by atoms with E-state index in [-0.39, 0.29) is 11.9 Å². The van der Waals surface area contributed by atoms with Crippen LogP contribution in [0.3, 0.4) is 0 Å². The topological polar surface area (TPSA) is 38.8 Å². The van der Waals surface area contributed by atoms with Crippen LogP contribution in [-0.4, -0.2) is 31.6 Å². The number of fused-ring (bicyclic) bond motifs is 1. The van der Waals surface area contributed by atoms with Crippen molar-refractivity contribution < 1.29 is 14.3 Å². The van der Waals surface area contributed by atoms with Gasteiger partial charge in [0.05, 0.1) is 20.3 Å². The zero-order valence-corrected chi connectivity index (χ0v) is 16.1. The Labute approximate surface area is 165 Å². The number of rotatable bonds is 4. The number of amides is 1. The quantitative estimate of drug-likeness (QED) is 0.676. The molecular weight excluding hydrogens is 350 g/mol. The van der Waals surface area contributed by atoms with E-state index in [0.29, 0.717) is 23.6 Å². The summed E-state index contributed by atoms with van der Waals surface area (Å²) in [5, 5.41) is 0. The molecule has 4 rings (SSSR count). The summed E-state index contributed by atoms with van der Waals surface area (Å²) in [5.41, 5.74) is 4.14. The number of hydrogen-bond donors (Lipinski definition) is 0. The minimum absolute atomic E-state index is 0.0369. The molecule has 1 atom stereocenters. The summed E-state index contributed by atoms with van der Waals surface area (Å²) >= 11 is 0. The molecule has 3 aromatic carbocycles. The van der Waals surface area contributed by atoms with Crippen LogP contribution < -0.4 is 9.47 Å². The second-order valence-corrected chi connectivity index (χ2v) is 6.83. The summed E-state index contributed by atoms with van der Waals surface area (Å²) in [4.78, 5) is 15.3. The third kappa shape index (κ3) is 3.22. The van der Waals surface area contributed by atoms with Crippen LogP contribution in [0.15, 0.2) is 72.8 Å². The van der Waals surface area contributed by atoms with Gasteiger partial charge in [0.15, 0.2) is 11.5 Å². The first-order valence-electron chi connectivity index (χ1n) is 9.38. The molecule has 0 radical (unpaired) electrons. The molecule has 1 heterocycles. The van der Waals surface area contributed by atoms with Crippen molar-refractivity contribution in [2.24, 2.45) is 0 Å². The minimum atomic E-state index is -0.169. The van der Waals surface area contributed by atoms with Gasteiger partial charge in [-0.2, -0.15) is 0 Å². The second-order valence-electron chi connectivity index (χ2n) is 6.83. The highest BCUT2D eigenvalue weighted by molar-refractivity contribution is 5.95. The molecule has 3 aromatic rings. The van der Waals surface area contributed by atoms with Crippen molar-refractivity contribution in [2.75, 3.05) is 20.8 Å². The van der Waals surface area contributed by atoms with Gasteiger partial charge in [-0.05, 0) is 47.4 Å². The third-order valence-electron chi connectivity index (χ3n) is 5.29. The lowest BCUT2D eigenvalue weighted by molar-refractivity contribution is 0.0694. The van der Waals surface area contributed by atoms with Crippen molar-refractivity contribution in [2.45, 2.75) is 12.5 Å². The first-order valence-corrected chi connectivity index (χ1v) is 9.38.